The quantitative estimate of drug-likeness (QED) is 0.469. The van der Waals surface area contributed by atoms with Gasteiger partial charge >= 0.3 is 0 Å². The Bertz CT molecular complexity index is 285. The van der Waals surface area contributed by atoms with Crippen molar-refractivity contribution in [2.75, 3.05) is 0 Å². The molecular weight excluding hydrogens is 170 g/mol. The third-order valence-corrected chi connectivity index (χ3v) is 2.20. The molecule has 1 heteroatoms. The van der Waals surface area contributed by atoms with Crippen molar-refractivity contribution in [3.05, 3.63) is 36.6 Å². The van der Waals surface area contributed by atoms with E-state index in [-0.39, 0.29) is 5.41 Å². The number of nitrogens with zero attached hydrogens (tertiary/aromatic N) is 1. The zero-order valence-corrected chi connectivity index (χ0v) is 10.0. The minimum Gasteiger partial charge on any atom is -0.265 e. The number of rotatable bonds is 3. The maximum absolute atomic E-state index is 4.41. The lowest BCUT2D eigenvalue weighted by atomic mass is 9.91. The van der Waals surface area contributed by atoms with E-state index < -0.39 is 0 Å². The molecule has 0 aromatic heterocycles. The van der Waals surface area contributed by atoms with Crippen LogP contribution in [0.15, 0.2) is 41.6 Å². The Hall–Kier alpha value is -1.11. The van der Waals surface area contributed by atoms with Gasteiger partial charge in [-0.25, -0.2) is 0 Å². The van der Waals surface area contributed by atoms with Crippen LogP contribution in [0.3, 0.4) is 0 Å². The highest BCUT2D eigenvalue weighted by Gasteiger charge is 2.13. The minimum atomic E-state index is 0.123. The fourth-order valence-electron chi connectivity index (χ4n) is 0.697. The monoisotopic (exact) mass is 191 g/mol. The molecule has 0 heterocycles. The van der Waals surface area contributed by atoms with Crippen LogP contribution in [0, 0.1) is 5.41 Å². The molecule has 0 saturated carbocycles. The first-order chi connectivity index (χ1) is 6.29. The molecular formula is C13H21N. The summed E-state index contributed by atoms with van der Waals surface area (Å²) in [5.41, 5.74) is 3.22. The van der Waals surface area contributed by atoms with Gasteiger partial charge in [-0.3, -0.25) is 4.99 Å². The predicted octanol–water partition coefficient (Wildman–Crippen LogP) is 4.14. The van der Waals surface area contributed by atoms with E-state index in [1.807, 2.05) is 20.0 Å². The van der Waals surface area contributed by atoms with Crippen LogP contribution in [-0.2, 0) is 0 Å². The first-order valence-corrected chi connectivity index (χ1v) is 4.82. The lowest BCUT2D eigenvalue weighted by Gasteiger charge is -2.17. The van der Waals surface area contributed by atoms with Crippen LogP contribution in [0.2, 0.25) is 0 Å². The highest BCUT2D eigenvalue weighted by molar-refractivity contribution is 5.87. The molecule has 0 N–H and O–H groups in total. The summed E-state index contributed by atoms with van der Waals surface area (Å²) < 4.78 is 0. The van der Waals surface area contributed by atoms with Gasteiger partial charge in [-0.15, -0.1) is 0 Å². The van der Waals surface area contributed by atoms with Gasteiger partial charge in [0.1, 0.15) is 0 Å². The second-order valence-electron chi connectivity index (χ2n) is 4.53. The molecule has 0 aromatic rings. The summed E-state index contributed by atoms with van der Waals surface area (Å²) in [5, 5.41) is 0. The van der Waals surface area contributed by atoms with Gasteiger partial charge in [-0.2, -0.15) is 0 Å². The predicted molar refractivity (Wildman–Crippen MR) is 65.7 cm³/mol. The first-order valence-electron chi connectivity index (χ1n) is 4.82. The van der Waals surface area contributed by atoms with E-state index in [2.05, 4.69) is 38.9 Å². The van der Waals surface area contributed by atoms with Gasteiger partial charge in [0.15, 0.2) is 0 Å². The number of hydrogen-bond donors (Lipinski definition) is 0. The summed E-state index contributed by atoms with van der Waals surface area (Å²) in [5.74, 6) is 0. The van der Waals surface area contributed by atoms with E-state index in [1.54, 1.807) is 6.08 Å². The highest BCUT2D eigenvalue weighted by Crippen LogP contribution is 2.16. The van der Waals surface area contributed by atoms with Crippen LogP contribution in [0.5, 0.6) is 0 Å². The molecule has 1 nitrogen and oxygen atoms in total. The SMILES string of the molecule is C=C/C(=C\N=C(C)C(C)(C)C)C(=C)C. The summed E-state index contributed by atoms with van der Waals surface area (Å²) in [6.07, 6.45) is 3.61. The van der Waals surface area contributed by atoms with Gasteiger partial charge < -0.3 is 0 Å². The van der Waals surface area contributed by atoms with Crippen LogP contribution in [0.1, 0.15) is 34.6 Å². The molecule has 78 valence electrons. The van der Waals surface area contributed by atoms with E-state index in [9.17, 15) is 0 Å². The second-order valence-corrected chi connectivity index (χ2v) is 4.53. The van der Waals surface area contributed by atoms with Crippen molar-refractivity contribution >= 4 is 5.71 Å². The number of aliphatic imine (C=N–C) groups is 1. The molecule has 14 heavy (non-hydrogen) atoms. The Kier molecular flexibility index (Phi) is 4.55. The van der Waals surface area contributed by atoms with E-state index in [0.717, 1.165) is 16.9 Å². The van der Waals surface area contributed by atoms with E-state index in [4.69, 9.17) is 0 Å². The minimum absolute atomic E-state index is 0.123. The molecule has 0 fully saturated rings. The van der Waals surface area contributed by atoms with Gasteiger partial charge in [-0.1, -0.05) is 40.0 Å². The molecule has 0 atom stereocenters. The largest absolute Gasteiger partial charge is 0.265 e. The van der Waals surface area contributed by atoms with Crippen molar-refractivity contribution in [1.82, 2.24) is 0 Å². The third kappa shape index (κ3) is 4.22. The van der Waals surface area contributed by atoms with Crippen molar-refractivity contribution in [3.8, 4) is 0 Å². The van der Waals surface area contributed by atoms with E-state index in [1.165, 1.54) is 0 Å². The summed E-state index contributed by atoms with van der Waals surface area (Å²) in [4.78, 5) is 4.41. The van der Waals surface area contributed by atoms with Crippen molar-refractivity contribution in [1.29, 1.82) is 0 Å². The van der Waals surface area contributed by atoms with Crippen LogP contribution in [0.4, 0.5) is 0 Å². The van der Waals surface area contributed by atoms with E-state index >= 15 is 0 Å². The average Bonchev–Trinajstić information content (AvgIpc) is 2.02. The Morgan fingerprint density at radius 3 is 2.00 bits per heavy atom. The lowest BCUT2D eigenvalue weighted by molar-refractivity contribution is 0.588. The van der Waals surface area contributed by atoms with Crippen LogP contribution in [0.25, 0.3) is 0 Å². The van der Waals surface area contributed by atoms with Crippen molar-refractivity contribution in [3.63, 3.8) is 0 Å². The average molecular weight is 191 g/mol. The Labute approximate surface area is 87.9 Å². The van der Waals surface area contributed by atoms with Crippen molar-refractivity contribution < 1.29 is 0 Å². The van der Waals surface area contributed by atoms with Gasteiger partial charge in [0.25, 0.3) is 0 Å². The lowest BCUT2D eigenvalue weighted by Crippen LogP contribution is -2.16. The number of hydrogen-bond acceptors (Lipinski definition) is 1. The summed E-state index contributed by atoms with van der Waals surface area (Å²) in [6, 6.07) is 0. The Balaban J connectivity index is 4.85. The fraction of sp³-hybridized carbons (Fsp3) is 0.462. The normalized spacial score (nSPS) is 14.1. The second kappa shape index (κ2) is 4.94. The molecule has 0 aromatic carbocycles. The van der Waals surface area contributed by atoms with Gasteiger partial charge in [-0.05, 0) is 30.4 Å². The Morgan fingerprint density at radius 2 is 1.71 bits per heavy atom. The van der Waals surface area contributed by atoms with Crippen LogP contribution in [-0.4, -0.2) is 5.71 Å². The van der Waals surface area contributed by atoms with Gasteiger partial charge in [0, 0.05) is 11.9 Å². The molecule has 0 amide bonds. The maximum atomic E-state index is 4.41. The molecule has 0 bridgehead atoms. The molecule has 0 unspecified atom stereocenters. The maximum Gasteiger partial charge on any atom is 0.0342 e. The Morgan fingerprint density at radius 1 is 1.21 bits per heavy atom. The summed E-state index contributed by atoms with van der Waals surface area (Å²) >= 11 is 0. The van der Waals surface area contributed by atoms with E-state index in [0.29, 0.717) is 0 Å². The topological polar surface area (TPSA) is 12.4 Å². The molecule has 0 saturated heterocycles. The van der Waals surface area contributed by atoms with Crippen molar-refractivity contribution in [2.45, 2.75) is 34.6 Å². The van der Waals surface area contributed by atoms with Crippen LogP contribution >= 0.6 is 0 Å². The van der Waals surface area contributed by atoms with Crippen LogP contribution < -0.4 is 0 Å². The standard InChI is InChI=1S/C13H21N/c1-8-12(10(2)3)9-14-11(4)13(5,6)7/h8-9H,1-2H2,3-7H3/b12-9+,14-11?. The summed E-state index contributed by atoms with van der Waals surface area (Å²) in [7, 11) is 0. The number of allylic oxidation sites excluding steroid dienone is 3. The smallest absolute Gasteiger partial charge is 0.0342 e. The third-order valence-electron chi connectivity index (χ3n) is 2.20. The molecule has 0 aliphatic heterocycles. The summed E-state index contributed by atoms with van der Waals surface area (Å²) in [6.45, 7) is 18.0. The molecule has 0 rings (SSSR count). The zero-order chi connectivity index (χ0) is 11.4. The highest BCUT2D eigenvalue weighted by atomic mass is 14.7. The van der Waals surface area contributed by atoms with Crippen molar-refractivity contribution in [2.24, 2.45) is 10.4 Å². The van der Waals surface area contributed by atoms with Gasteiger partial charge in [0.2, 0.25) is 0 Å². The zero-order valence-electron chi connectivity index (χ0n) is 10.0. The molecule has 0 spiro atoms. The first kappa shape index (κ1) is 12.9. The molecule has 0 aliphatic rings. The fourth-order valence-corrected chi connectivity index (χ4v) is 0.697. The molecule has 0 radical (unpaired) electrons. The molecule has 0 aliphatic carbocycles. The van der Waals surface area contributed by atoms with Gasteiger partial charge in [0.05, 0.1) is 0 Å².